The van der Waals surface area contributed by atoms with Gasteiger partial charge in [0.15, 0.2) is 0 Å². The second-order valence-electron chi connectivity index (χ2n) is 4.59. The minimum Gasteiger partial charge on any atom is -0.383 e. The van der Waals surface area contributed by atoms with Crippen LogP contribution < -0.4 is 5.32 Å². The van der Waals surface area contributed by atoms with Gasteiger partial charge in [0.1, 0.15) is 6.04 Å². The Kier molecular flexibility index (Phi) is 4.27. The fourth-order valence-electron chi connectivity index (χ4n) is 2.02. The number of amides is 1. The number of carbonyl (C=O) groups excluding carboxylic acids is 1. The van der Waals surface area contributed by atoms with E-state index in [0.29, 0.717) is 19.7 Å². The standard InChI is InChI=1S/C11H19N3O2/c1-11(2)8-13-10(15)9(4-5-12)14(11)6-7-16-3/h9H,4,6-8H2,1-3H3,(H,13,15). The molecule has 1 aliphatic rings. The number of nitrogens with zero attached hydrogens (tertiary/aromatic N) is 2. The highest BCUT2D eigenvalue weighted by Crippen LogP contribution is 2.22. The van der Waals surface area contributed by atoms with Crippen LogP contribution in [0.25, 0.3) is 0 Å². The van der Waals surface area contributed by atoms with Gasteiger partial charge in [-0.05, 0) is 13.8 Å². The molecule has 0 aromatic carbocycles. The topological polar surface area (TPSA) is 65.4 Å². The first kappa shape index (κ1) is 12.9. The zero-order chi connectivity index (χ0) is 12.2. The molecule has 1 aliphatic heterocycles. The molecule has 90 valence electrons. The molecular weight excluding hydrogens is 206 g/mol. The number of nitriles is 1. The summed E-state index contributed by atoms with van der Waals surface area (Å²) < 4.78 is 5.04. The van der Waals surface area contributed by atoms with Crippen LogP contribution in [-0.2, 0) is 9.53 Å². The summed E-state index contributed by atoms with van der Waals surface area (Å²) in [6, 6.07) is 1.71. The van der Waals surface area contributed by atoms with Crippen molar-refractivity contribution in [1.29, 1.82) is 5.26 Å². The van der Waals surface area contributed by atoms with Crippen molar-refractivity contribution in [2.45, 2.75) is 31.8 Å². The van der Waals surface area contributed by atoms with E-state index in [2.05, 4.69) is 30.1 Å². The normalized spacial score (nSPS) is 24.9. The number of hydrogen-bond donors (Lipinski definition) is 1. The van der Waals surface area contributed by atoms with Crippen molar-refractivity contribution < 1.29 is 9.53 Å². The van der Waals surface area contributed by atoms with Crippen LogP contribution in [0.5, 0.6) is 0 Å². The number of piperazine rings is 1. The predicted molar refractivity (Wildman–Crippen MR) is 59.7 cm³/mol. The third-order valence-corrected chi connectivity index (χ3v) is 2.97. The SMILES string of the molecule is COCCN1C(CC#N)C(=O)NCC1(C)C. The Bertz CT molecular complexity index is 296. The summed E-state index contributed by atoms with van der Waals surface area (Å²) in [6.45, 7) is 5.97. The predicted octanol–water partition coefficient (Wildman–Crippen LogP) is 0.125. The van der Waals surface area contributed by atoms with Gasteiger partial charge in [-0.1, -0.05) is 0 Å². The van der Waals surface area contributed by atoms with Crippen LogP contribution in [0.15, 0.2) is 0 Å². The van der Waals surface area contributed by atoms with Crippen LogP contribution in [0.1, 0.15) is 20.3 Å². The molecule has 0 saturated carbocycles. The van der Waals surface area contributed by atoms with E-state index in [1.165, 1.54) is 0 Å². The van der Waals surface area contributed by atoms with E-state index in [1.54, 1.807) is 7.11 Å². The van der Waals surface area contributed by atoms with E-state index < -0.39 is 0 Å². The molecule has 1 unspecified atom stereocenters. The van der Waals surface area contributed by atoms with Crippen molar-refractivity contribution in [1.82, 2.24) is 10.2 Å². The van der Waals surface area contributed by atoms with Crippen LogP contribution in [0.3, 0.4) is 0 Å². The van der Waals surface area contributed by atoms with Gasteiger partial charge < -0.3 is 10.1 Å². The molecule has 0 bridgehead atoms. The fourth-order valence-corrected chi connectivity index (χ4v) is 2.02. The van der Waals surface area contributed by atoms with Crippen LogP contribution in [0.2, 0.25) is 0 Å². The second kappa shape index (κ2) is 5.28. The Labute approximate surface area is 96.4 Å². The summed E-state index contributed by atoms with van der Waals surface area (Å²) in [5.74, 6) is -0.0584. The van der Waals surface area contributed by atoms with Gasteiger partial charge in [0.25, 0.3) is 0 Å². The number of carbonyl (C=O) groups is 1. The van der Waals surface area contributed by atoms with Crippen molar-refractivity contribution in [2.24, 2.45) is 0 Å². The first-order valence-corrected chi connectivity index (χ1v) is 5.43. The van der Waals surface area contributed by atoms with E-state index in [9.17, 15) is 4.79 Å². The third-order valence-electron chi connectivity index (χ3n) is 2.97. The van der Waals surface area contributed by atoms with E-state index in [4.69, 9.17) is 10.00 Å². The van der Waals surface area contributed by atoms with Gasteiger partial charge in [0.2, 0.25) is 5.91 Å². The minimum absolute atomic E-state index is 0.0584. The molecule has 16 heavy (non-hydrogen) atoms. The molecule has 0 aromatic rings. The molecule has 1 heterocycles. The van der Waals surface area contributed by atoms with Gasteiger partial charge in [-0.25, -0.2) is 0 Å². The van der Waals surface area contributed by atoms with Gasteiger partial charge in [-0.2, -0.15) is 5.26 Å². The smallest absolute Gasteiger partial charge is 0.238 e. The first-order chi connectivity index (χ1) is 7.53. The Morgan fingerprint density at radius 1 is 1.69 bits per heavy atom. The van der Waals surface area contributed by atoms with Crippen LogP contribution in [0.4, 0.5) is 0 Å². The van der Waals surface area contributed by atoms with Gasteiger partial charge >= 0.3 is 0 Å². The van der Waals surface area contributed by atoms with Gasteiger partial charge in [-0.3, -0.25) is 9.69 Å². The van der Waals surface area contributed by atoms with Crippen molar-refractivity contribution in [3.05, 3.63) is 0 Å². The molecular formula is C11H19N3O2. The van der Waals surface area contributed by atoms with Crippen molar-refractivity contribution in [3.63, 3.8) is 0 Å². The molecule has 1 rings (SSSR count). The maximum atomic E-state index is 11.7. The molecule has 1 saturated heterocycles. The second-order valence-corrected chi connectivity index (χ2v) is 4.59. The molecule has 1 fully saturated rings. The Morgan fingerprint density at radius 2 is 2.38 bits per heavy atom. The van der Waals surface area contributed by atoms with Gasteiger partial charge in [0.05, 0.1) is 19.1 Å². The molecule has 0 aliphatic carbocycles. The van der Waals surface area contributed by atoms with Gasteiger partial charge in [0, 0.05) is 25.7 Å². The Morgan fingerprint density at radius 3 is 2.94 bits per heavy atom. The van der Waals surface area contributed by atoms with E-state index in [1.807, 2.05) is 0 Å². The summed E-state index contributed by atoms with van der Waals surface area (Å²) in [5, 5.41) is 11.6. The molecule has 1 N–H and O–H groups in total. The Balaban J connectivity index is 2.81. The maximum absolute atomic E-state index is 11.7. The van der Waals surface area contributed by atoms with E-state index in [0.717, 1.165) is 0 Å². The largest absolute Gasteiger partial charge is 0.383 e. The number of hydrogen-bond acceptors (Lipinski definition) is 4. The van der Waals surface area contributed by atoms with E-state index in [-0.39, 0.29) is 23.9 Å². The lowest BCUT2D eigenvalue weighted by atomic mass is 9.94. The summed E-state index contributed by atoms with van der Waals surface area (Å²) in [4.78, 5) is 13.8. The molecule has 1 atom stereocenters. The lowest BCUT2D eigenvalue weighted by molar-refractivity contribution is -0.134. The third kappa shape index (κ3) is 2.71. The molecule has 5 heteroatoms. The molecule has 0 radical (unpaired) electrons. The number of nitrogens with one attached hydrogen (secondary N) is 1. The van der Waals surface area contributed by atoms with E-state index >= 15 is 0 Å². The van der Waals surface area contributed by atoms with Crippen molar-refractivity contribution >= 4 is 5.91 Å². The monoisotopic (exact) mass is 225 g/mol. The van der Waals surface area contributed by atoms with Crippen molar-refractivity contribution in [3.8, 4) is 6.07 Å². The van der Waals surface area contributed by atoms with Crippen LogP contribution in [0, 0.1) is 11.3 Å². The average molecular weight is 225 g/mol. The lowest BCUT2D eigenvalue weighted by Gasteiger charge is -2.46. The fraction of sp³-hybridized carbons (Fsp3) is 0.818. The average Bonchev–Trinajstić information content (AvgIpc) is 2.23. The number of methoxy groups -OCH3 is 1. The molecule has 0 spiro atoms. The van der Waals surface area contributed by atoms with Crippen LogP contribution in [-0.4, -0.2) is 49.2 Å². The maximum Gasteiger partial charge on any atom is 0.238 e. The minimum atomic E-state index is -0.358. The van der Waals surface area contributed by atoms with Crippen LogP contribution >= 0.6 is 0 Å². The number of rotatable bonds is 4. The summed E-state index contributed by atoms with van der Waals surface area (Å²) in [7, 11) is 1.64. The zero-order valence-corrected chi connectivity index (χ0v) is 10.1. The Hall–Kier alpha value is -1.12. The van der Waals surface area contributed by atoms with Crippen molar-refractivity contribution in [2.75, 3.05) is 26.8 Å². The zero-order valence-electron chi connectivity index (χ0n) is 10.1. The summed E-state index contributed by atoms with van der Waals surface area (Å²) >= 11 is 0. The molecule has 1 amide bonds. The van der Waals surface area contributed by atoms with Gasteiger partial charge in [-0.15, -0.1) is 0 Å². The number of ether oxygens (including phenoxy) is 1. The molecule has 0 aromatic heterocycles. The highest BCUT2D eigenvalue weighted by atomic mass is 16.5. The summed E-state index contributed by atoms with van der Waals surface area (Å²) in [6.07, 6.45) is 0.221. The first-order valence-electron chi connectivity index (χ1n) is 5.43. The quantitative estimate of drug-likeness (QED) is 0.738. The highest BCUT2D eigenvalue weighted by molar-refractivity contribution is 5.83. The summed E-state index contributed by atoms with van der Waals surface area (Å²) in [5.41, 5.74) is -0.131. The lowest BCUT2D eigenvalue weighted by Crippen LogP contribution is -2.65. The molecule has 5 nitrogen and oxygen atoms in total. The highest BCUT2D eigenvalue weighted by Gasteiger charge is 2.40.